The Morgan fingerprint density at radius 1 is 1.33 bits per heavy atom. The number of rotatable bonds is 3. The van der Waals surface area contributed by atoms with Crippen molar-refractivity contribution in [3.63, 3.8) is 0 Å². The van der Waals surface area contributed by atoms with Gasteiger partial charge in [-0.15, -0.1) is 11.8 Å². The SMILES string of the molecule is Cn1c(-c2ccncc2SCC#N)nc2cc(C(F)(F)F)cnc21. The van der Waals surface area contributed by atoms with Crippen molar-refractivity contribution >= 4 is 22.9 Å². The molecule has 0 N–H and O–H groups in total. The second-order valence-corrected chi connectivity index (χ2v) is 5.89. The number of thioether (sulfide) groups is 1. The molecule has 0 saturated heterocycles. The van der Waals surface area contributed by atoms with Gasteiger partial charge in [-0.3, -0.25) is 4.98 Å². The average molecular weight is 349 g/mol. The Balaban J connectivity index is 2.15. The summed E-state index contributed by atoms with van der Waals surface area (Å²) in [7, 11) is 1.68. The van der Waals surface area contributed by atoms with Crippen LogP contribution in [0.15, 0.2) is 35.6 Å². The molecule has 3 aromatic rings. The van der Waals surface area contributed by atoms with Crippen molar-refractivity contribution in [1.29, 1.82) is 5.26 Å². The standard InChI is InChI=1S/C15H10F3N5S/c1-23-13(10-2-4-20-8-12(10)24-5-3-19)22-11-6-9(15(16,17)18)7-21-14(11)23/h2,4,6-8H,5H2,1H3. The summed E-state index contributed by atoms with van der Waals surface area (Å²) in [5, 5.41) is 8.74. The van der Waals surface area contributed by atoms with E-state index in [0.717, 1.165) is 17.2 Å². The van der Waals surface area contributed by atoms with Crippen LogP contribution in [0.1, 0.15) is 5.56 Å². The van der Waals surface area contributed by atoms with Crippen molar-refractivity contribution < 1.29 is 13.2 Å². The molecular formula is C15H10F3N5S. The van der Waals surface area contributed by atoms with Crippen LogP contribution in [-0.2, 0) is 13.2 Å². The monoisotopic (exact) mass is 349 g/mol. The lowest BCUT2D eigenvalue weighted by molar-refractivity contribution is -0.137. The van der Waals surface area contributed by atoms with E-state index in [1.807, 2.05) is 6.07 Å². The fourth-order valence-corrected chi connectivity index (χ4v) is 2.93. The Hall–Kier alpha value is -2.60. The summed E-state index contributed by atoms with van der Waals surface area (Å²) >= 11 is 1.29. The zero-order valence-corrected chi connectivity index (χ0v) is 13.2. The molecule has 0 unspecified atom stereocenters. The number of hydrogen-bond donors (Lipinski definition) is 0. The molecule has 3 rings (SSSR count). The molecule has 0 aromatic carbocycles. The molecule has 0 saturated carbocycles. The summed E-state index contributed by atoms with van der Waals surface area (Å²) in [4.78, 5) is 12.9. The first-order chi connectivity index (χ1) is 11.4. The number of nitriles is 1. The second kappa shape index (κ2) is 6.13. The zero-order chi connectivity index (χ0) is 17.3. The summed E-state index contributed by atoms with van der Waals surface area (Å²) in [6.45, 7) is 0. The van der Waals surface area contributed by atoms with Crippen LogP contribution < -0.4 is 0 Å². The first-order valence-electron chi connectivity index (χ1n) is 6.75. The highest BCUT2D eigenvalue weighted by Crippen LogP contribution is 2.33. The van der Waals surface area contributed by atoms with Crippen molar-refractivity contribution in [2.45, 2.75) is 11.1 Å². The largest absolute Gasteiger partial charge is 0.417 e. The number of pyridine rings is 2. The molecule has 3 aromatic heterocycles. The number of imidazole rings is 1. The maximum Gasteiger partial charge on any atom is 0.417 e. The molecule has 5 nitrogen and oxygen atoms in total. The third-order valence-corrected chi connectivity index (χ3v) is 4.26. The smallest absolute Gasteiger partial charge is 0.312 e. The van der Waals surface area contributed by atoms with Gasteiger partial charge in [-0.1, -0.05) is 0 Å². The summed E-state index contributed by atoms with van der Waals surface area (Å²) in [5.41, 5.74) is 0.370. The van der Waals surface area contributed by atoms with Gasteiger partial charge in [0.25, 0.3) is 0 Å². The van der Waals surface area contributed by atoms with Gasteiger partial charge in [-0.2, -0.15) is 18.4 Å². The van der Waals surface area contributed by atoms with E-state index in [1.165, 1.54) is 11.8 Å². The molecular weight excluding hydrogens is 339 g/mol. The molecule has 0 atom stereocenters. The summed E-state index contributed by atoms with van der Waals surface area (Å²) in [6.07, 6.45) is -0.500. The number of fused-ring (bicyclic) bond motifs is 1. The molecule has 0 aliphatic heterocycles. The molecule has 24 heavy (non-hydrogen) atoms. The predicted molar refractivity (Wildman–Crippen MR) is 83.1 cm³/mol. The summed E-state index contributed by atoms with van der Waals surface area (Å²) in [5.74, 6) is 0.707. The highest BCUT2D eigenvalue weighted by Gasteiger charge is 2.31. The Kier molecular flexibility index (Phi) is 4.15. The van der Waals surface area contributed by atoms with Gasteiger partial charge in [-0.25, -0.2) is 9.97 Å². The quantitative estimate of drug-likeness (QED) is 0.675. The molecule has 0 aliphatic rings. The van der Waals surface area contributed by atoms with Crippen LogP contribution in [0.4, 0.5) is 13.2 Å². The van der Waals surface area contributed by atoms with E-state index < -0.39 is 11.7 Å². The minimum Gasteiger partial charge on any atom is -0.312 e. The molecule has 122 valence electrons. The molecule has 0 amide bonds. The Morgan fingerprint density at radius 2 is 2.12 bits per heavy atom. The van der Waals surface area contributed by atoms with Crippen LogP contribution in [0.3, 0.4) is 0 Å². The van der Waals surface area contributed by atoms with Crippen molar-refractivity contribution in [1.82, 2.24) is 19.5 Å². The van der Waals surface area contributed by atoms with Gasteiger partial charge in [-0.05, 0) is 12.1 Å². The van der Waals surface area contributed by atoms with Gasteiger partial charge in [0.2, 0.25) is 0 Å². The van der Waals surface area contributed by atoms with Crippen LogP contribution in [0, 0.1) is 11.3 Å². The maximum absolute atomic E-state index is 12.8. The van der Waals surface area contributed by atoms with Crippen molar-refractivity contribution in [3.8, 4) is 17.5 Å². The van der Waals surface area contributed by atoms with Gasteiger partial charge >= 0.3 is 6.18 Å². The van der Waals surface area contributed by atoms with E-state index in [-0.39, 0.29) is 11.3 Å². The van der Waals surface area contributed by atoms with E-state index in [9.17, 15) is 13.2 Å². The lowest BCUT2D eigenvalue weighted by Gasteiger charge is -2.07. The van der Waals surface area contributed by atoms with Crippen LogP contribution >= 0.6 is 11.8 Å². The van der Waals surface area contributed by atoms with Crippen LogP contribution in [0.25, 0.3) is 22.6 Å². The zero-order valence-electron chi connectivity index (χ0n) is 12.4. The Morgan fingerprint density at radius 3 is 2.83 bits per heavy atom. The van der Waals surface area contributed by atoms with Crippen LogP contribution in [-0.4, -0.2) is 25.3 Å². The summed E-state index contributed by atoms with van der Waals surface area (Å²) in [6, 6.07) is 4.73. The lowest BCUT2D eigenvalue weighted by atomic mass is 10.2. The Bertz CT molecular complexity index is 942. The van der Waals surface area contributed by atoms with E-state index >= 15 is 0 Å². The molecule has 0 spiro atoms. The second-order valence-electron chi connectivity index (χ2n) is 4.88. The van der Waals surface area contributed by atoms with E-state index in [2.05, 4.69) is 15.0 Å². The number of nitrogens with zero attached hydrogens (tertiary/aromatic N) is 5. The van der Waals surface area contributed by atoms with Gasteiger partial charge in [0, 0.05) is 36.1 Å². The predicted octanol–water partition coefficient (Wildman–Crippen LogP) is 3.66. The van der Waals surface area contributed by atoms with E-state index in [0.29, 0.717) is 17.0 Å². The number of aromatic nitrogens is 4. The van der Waals surface area contributed by atoms with E-state index in [4.69, 9.17) is 5.26 Å². The molecule has 0 bridgehead atoms. The Labute approximate surface area is 139 Å². The number of alkyl halides is 3. The number of hydrogen-bond acceptors (Lipinski definition) is 5. The first kappa shape index (κ1) is 16.3. The topological polar surface area (TPSA) is 67.4 Å². The highest BCUT2D eigenvalue weighted by atomic mass is 32.2. The third-order valence-electron chi connectivity index (χ3n) is 3.35. The minimum absolute atomic E-state index is 0.162. The van der Waals surface area contributed by atoms with Gasteiger partial charge in [0.15, 0.2) is 5.65 Å². The molecule has 3 heterocycles. The minimum atomic E-state index is -4.47. The van der Waals surface area contributed by atoms with Crippen LogP contribution in [0.5, 0.6) is 0 Å². The molecule has 0 fully saturated rings. The first-order valence-corrected chi connectivity index (χ1v) is 7.74. The van der Waals surface area contributed by atoms with Gasteiger partial charge in [0.05, 0.1) is 17.4 Å². The van der Waals surface area contributed by atoms with Gasteiger partial charge in [0.1, 0.15) is 11.3 Å². The lowest BCUT2D eigenvalue weighted by Crippen LogP contribution is -2.05. The summed E-state index contributed by atoms with van der Waals surface area (Å²) < 4.78 is 40.1. The third kappa shape index (κ3) is 2.92. The molecule has 0 radical (unpaired) electrons. The number of aryl methyl sites for hydroxylation is 1. The van der Waals surface area contributed by atoms with Crippen molar-refractivity contribution in [3.05, 3.63) is 36.3 Å². The highest BCUT2D eigenvalue weighted by molar-refractivity contribution is 7.99. The molecule has 0 aliphatic carbocycles. The van der Waals surface area contributed by atoms with Crippen molar-refractivity contribution in [2.24, 2.45) is 7.05 Å². The fraction of sp³-hybridized carbons (Fsp3) is 0.200. The normalized spacial score (nSPS) is 11.6. The fourth-order valence-electron chi connectivity index (χ4n) is 2.26. The van der Waals surface area contributed by atoms with E-state index in [1.54, 1.807) is 30.1 Å². The molecule has 9 heteroatoms. The average Bonchev–Trinajstić information content (AvgIpc) is 2.89. The van der Waals surface area contributed by atoms with Gasteiger partial charge < -0.3 is 4.57 Å². The van der Waals surface area contributed by atoms with Crippen molar-refractivity contribution in [2.75, 3.05) is 5.75 Å². The maximum atomic E-state index is 12.8. The van der Waals surface area contributed by atoms with Crippen LogP contribution in [0.2, 0.25) is 0 Å². The number of halogens is 3.